The van der Waals surface area contributed by atoms with Crippen LogP contribution in [0.5, 0.6) is 0 Å². The van der Waals surface area contributed by atoms with Crippen LogP contribution in [0.25, 0.3) is 104 Å². The lowest BCUT2D eigenvalue weighted by Crippen LogP contribution is -1.97. The van der Waals surface area contributed by atoms with Crippen LogP contribution in [-0.2, 0) is 0 Å². The van der Waals surface area contributed by atoms with Gasteiger partial charge in [0.25, 0.3) is 0 Å². The van der Waals surface area contributed by atoms with E-state index in [-0.39, 0.29) is 0 Å². The highest BCUT2D eigenvalue weighted by molar-refractivity contribution is 7.27. The molecule has 0 amide bonds. The van der Waals surface area contributed by atoms with E-state index in [1.54, 1.807) is 0 Å². The minimum Gasteiger partial charge on any atom is -0.455 e. The third-order valence-electron chi connectivity index (χ3n) is 10.0. The Hall–Kier alpha value is -6.56. The molecule has 0 bridgehead atoms. The molecule has 51 heavy (non-hydrogen) atoms. The topological polar surface area (TPSA) is 43.9 Å². The van der Waals surface area contributed by atoms with Crippen LogP contribution in [0.2, 0.25) is 0 Å². The molecule has 0 saturated heterocycles. The molecule has 4 aromatic heterocycles. The predicted octanol–water partition coefficient (Wildman–Crippen LogP) is 12.8. The summed E-state index contributed by atoms with van der Waals surface area (Å²) in [7, 11) is 0. The van der Waals surface area contributed by atoms with Crippen LogP contribution in [-0.4, -0.2) is 14.5 Å². The first kappa shape index (κ1) is 28.3. The summed E-state index contributed by atoms with van der Waals surface area (Å²) in [6.07, 6.45) is 0. The van der Waals surface area contributed by atoms with E-state index < -0.39 is 0 Å². The molecule has 0 aliphatic carbocycles. The molecule has 11 rings (SSSR count). The van der Waals surface area contributed by atoms with Crippen molar-refractivity contribution in [1.29, 1.82) is 0 Å². The van der Waals surface area contributed by atoms with Crippen LogP contribution in [0.15, 0.2) is 168 Å². The van der Waals surface area contributed by atoms with Crippen molar-refractivity contribution in [2.45, 2.75) is 0 Å². The molecule has 0 aliphatic rings. The highest BCUT2D eigenvalue weighted by Gasteiger charge is 2.25. The first-order valence-electron chi connectivity index (χ1n) is 17.1. The Bertz CT molecular complexity index is 3060. The molecule has 4 heterocycles. The highest BCUT2D eigenvalue weighted by Crippen LogP contribution is 2.50. The first-order chi connectivity index (χ1) is 25.3. The van der Waals surface area contributed by atoms with E-state index in [2.05, 4.69) is 132 Å². The van der Waals surface area contributed by atoms with Gasteiger partial charge in [-0.05, 0) is 36.4 Å². The normalized spacial score (nSPS) is 11.9. The zero-order chi connectivity index (χ0) is 33.5. The summed E-state index contributed by atoms with van der Waals surface area (Å²) in [6, 6.07) is 57.3. The van der Waals surface area contributed by atoms with Gasteiger partial charge in [0.1, 0.15) is 11.2 Å². The van der Waals surface area contributed by atoms with E-state index in [9.17, 15) is 0 Å². The lowest BCUT2D eigenvalue weighted by Gasteiger charge is -2.12. The number of aromatic nitrogens is 3. The van der Waals surface area contributed by atoms with Gasteiger partial charge in [-0.3, -0.25) is 0 Å². The standard InChI is InChI=1S/C46H27N3OS/c1-3-13-28(14-4-1)35-27-36(48-46(47-35)30-15-5-2-6-16-30)29-23-25-31(26-24-29)49-37-20-10-7-17-32(37)42-43(49)45-41(34-19-9-12-22-39(34)51-45)40-33-18-8-11-21-38(33)50-44(40)42/h1-27H. The fourth-order valence-corrected chi connectivity index (χ4v) is 8.98. The maximum atomic E-state index is 6.80. The van der Waals surface area contributed by atoms with Crippen molar-refractivity contribution in [1.82, 2.24) is 14.5 Å². The molecule has 0 atom stereocenters. The number of hydrogen-bond donors (Lipinski definition) is 0. The summed E-state index contributed by atoms with van der Waals surface area (Å²) in [5.74, 6) is 0.709. The van der Waals surface area contributed by atoms with Crippen LogP contribution in [0.1, 0.15) is 0 Å². The minimum absolute atomic E-state index is 0.709. The minimum atomic E-state index is 0.709. The van der Waals surface area contributed by atoms with Crippen LogP contribution in [0, 0.1) is 0 Å². The first-order valence-corrected chi connectivity index (χ1v) is 17.9. The smallest absolute Gasteiger partial charge is 0.160 e. The second-order valence-electron chi connectivity index (χ2n) is 12.9. The van der Waals surface area contributed by atoms with E-state index in [4.69, 9.17) is 14.4 Å². The quantitative estimate of drug-likeness (QED) is 0.187. The summed E-state index contributed by atoms with van der Waals surface area (Å²) >= 11 is 1.86. The van der Waals surface area contributed by atoms with E-state index in [0.717, 1.165) is 61.2 Å². The van der Waals surface area contributed by atoms with Crippen LogP contribution in [0.3, 0.4) is 0 Å². The van der Waals surface area contributed by atoms with Gasteiger partial charge in [-0.2, -0.15) is 0 Å². The Balaban J connectivity index is 1.17. The number of benzene rings is 7. The van der Waals surface area contributed by atoms with Crippen molar-refractivity contribution in [3.63, 3.8) is 0 Å². The van der Waals surface area contributed by atoms with Gasteiger partial charge in [0, 0.05) is 54.0 Å². The molecule has 0 unspecified atom stereocenters. The van der Waals surface area contributed by atoms with Crippen molar-refractivity contribution in [2.75, 3.05) is 0 Å². The van der Waals surface area contributed by atoms with Crippen LogP contribution >= 0.6 is 11.3 Å². The SMILES string of the molecule is c1ccc(-c2cc(-c3ccc(-n4c5ccccc5c5c6oc7ccccc7c6c6c7ccccc7sc6c54)cc3)nc(-c3ccccc3)n2)cc1. The number of hydrogen-bond acceptors (Lipinski definition) is 4. The number of thiophene rings is 1. The molecule has 7 aromatic carbocycles. The number of furan rings is 1. The van der Waals surface area contributed by atoms with Gasteiger partial charge in [-0.25, -0.2) is 9.97 Å². The van der Waals surface area contributed by atoms with E-state index in [1.807, 2.05) is 47.7 Å². The van der Waals surface area contributed by atoms with Crippen molar-refractivity contribution in [2.24, 2.45) is 0 Å². The van der Waals surface area contributed by atoms with Crippen LogP contribution in [0.4, 0.5) is 0 Å². The zero-order valence-electron chi connectivity index (χ0n) is 27.2. The van der Waals surface area contributed by atoms with Crippen molar-refractivity contribution in [3.8, 4) is 39.6 Å². The summed E-state index contributed by atoms with van der Waals surface area (Å²) in [4.78, 5) is 10.1. The molecule has 0 saturated carbocycles. The molecule has 0 spiro atoms. The molecular formula is C46H27N3OS. The third kappa shape index (κ3) is 4.25. The largest absolute Gasteiger partial charge is 0.455 e. The second-order valence-corrected chi connectivity index (χ2v) is 14.0. The molecule has 238 valence electrons. The summed E-state index contributed by atoms with van der Waals surface area (Å²) in [6.45, 7) is 0. The Labute approximate surface area is 296 Å². The third-order valence-corrected chi connectivity index (χ3v) is 11.2. The molecule has 5 heteroatoms. The average Bonchev–Trinajstić information content (AvgIpc) is 3.88. The monoisotopic (exact) mass is 669 g/mol. The van der Waals surface area contributed by atoms with Gasteiger partial charge >= 0.3 is 0 Å². The molecule has 0 N–H and O–H groups in total. The van der Waals surface area contributed by atoms with Gasteiger partial charge < -0.3 is 8.98 Å². The van der Waals surface area contributed by atoms with E-state index in [0.29, 0.717) is 5.82 Å². The predicted molar refractivity (Wildman–Crippen MR) is 213 cm³/mol. The van der Waals surface area contributed by atoms with Gasteiger partial charge in [-0.1, -0.05) is 127 Å². The van der Waals surface area contributed by atoms with E-state index >= 15 is 0 Å². The zero-order valence-corrected chi connectivity index (χ0v) is 28.1. The van der Waals surface area contributed by atoms with Gasteiger partial charge in [0.2, 0.25) is 0 Å². The van der Waals surface area contributed by atoms with E-state index in [1.165, 1.54) is 36.5 Å². The fourth-order valence-electron chi connectivity index (χ4n) is 7.73. The number of para-hydroxylation sites is 2. The lowest BCUT2D eigenvalue weighted by atomic mass is 10.0. The van der Waals surface area contributed by atoms with Crippen molar-refractivity contribution >= 4 is 75.3 Å². The van der Waals surface area contributed by atoms with Crippen molar-refractivity contribution < 1.29 is 4.42 Å². The van der Waals surface area contributed by atoms with Gasteiger partial charge in [0.05, 0.1) is 32.5 Å². The molecule has 11 aromatic rings. The maximum absolute atomic E-state index is 6.80. The Kier molecular flexibility index (Phi) is 6.09. The van der Waals surface area contributed by atoms with Gasteiger partial charge in [0.15, 0.2) is 5.82 Å². The second kappa shape index (κ2) is 11.0. The van der Waals surface area contributed by atoms with Gasteiger partial charge in [-0.15, -0.1) is 11.3 Å². The summed E-state index contributed by atoms with van der Waals surface area (Å²) < 4.78 is 11.8. The number of rotatable bonds is 4. The van der Waals surface area contributed by atoms with Crippen LogP contribution < -0.4 is 0 Å². The average molecular weight is 670 g/mol. The summed E-state index contributed by atoms with van der Waals surface area (Å²) in [5.41, 5.74) is 10.1. The maximum Gasteiger partial charge on any atom is 0.160 e. The Morgan fingerprint density at radius 2 is 1.10 bits per heavy atom. The highest BCUT2D eigenvalue weighted by atomic mass is 32.1. The fraction of sp³-hybridized carbons (Fsp3) is 0. The van der Waals surface area contributed by atoms with Crippen molar-refractivity contribution in [3.05, 3.63) is 164 Å². The molecular weight excluding hydrogens is 643 g/mol. The Morgan fingerprint density at radius 1 is 0.490 bits per heavy atom. The molecule has 4 nitrogen and oxygen atoms in total. The molecule has 0 aliphatic heterocycles. The molecule has 0 fully saturated rings. The molecule has 0 radical (unpaired) electrons. The lowest BCUT2D eigenvalue weighted by molar-refractivity contribution is 0.673. The number of fused-ring (bicyclic) bond motifs is 12. The number of nitrogens with zero attached hydrogens (tertiary/aromatic N) is 3. The summed E-state index contributed by atoms with van der Waals surface area (Å²) in [5, 5.41) is 7.18. The Morgan fingerprint density at radius 3 is 1.86 bits per heavy atom.